The molecule has 6 nitrogen and oxygen atoms in total. The molecule has 0 fully saturated rings. The number of nitro groups is 1. The zero-order valence-electron chi connectivity index (χ0n) is 7.87. The van der Waals surface area contributed by atoms with Crippen LogP contribution in [0.15, 0.2) is 18.2 Å². The SMILES string of the molecule is Cc1ccc([N+](=O)[O-])c(CS(=O)(=O)O)c1. The first-order valence-electron chi connectivity index (χ1n) is 3.98. The lowest BCUT2D eigenvalue weighted by molar-refractivity contribution is -0.385. The highest BCUT2D eigenvalue weighted by molar-refractivity contribution is 7.85. The Bertz CT molecular complexity index is 494. The number of hydrogen-bond donors (Lipinski definition) is 1. The first-order chi connectivity index (χ1) is 6.79. The molecule has 0 aromatic heterocycles. The van der Waals surface area contributed by atoms with Crippen molar-refractivity contribution < 1.29 is 17.9 Å². The Labute approximate surface area is 86.4 Å². The van der Waals surface area contributed by atoms with Gasteiger partial charge in [0.05, 0.1) is 4.92 Å². The van der Waals surface area contributed by atoms with E-state index in [4.69, 9.17) is 4.55 Å². The summed E-state index contributed by atoms with van der Waals surface area (Å²) in [6.07, 6.45) is 0. The Morgan fingerprint density at radius 3 is 2.53 bits per heavy atom. The fourth-order valence-electron chi connectivity index (χ4n) is 1.20. The number of benzene rings is 1. The molecule has 1 N–H and O–H groups in total. The van der Waals surface area contributed by atoms with Crippen LogP contribution >= 0.6 is 0 Å². The van der Waals surface area contributed by atoms with Gasteiger partial charge in [-0.1, -0.05) is 11.6 Å². The van der Waals surface area contributed by atoms with Gasteiger partial charge in [0.1, 0.15) is 5.75 Å². The zero-order valence-corrected chi connectivity index (χ0v) is 8.69. The second-order valence-corrected chi connectivity index (χ2v) is 4.57. The molecule has 82 valence electrons. The summed E-state index contributed by atoms with van der Waals surface area (Å²) in [7, 11) is -4.25. The predicted octanol–water partition coefficient (Wildman–Crippen LogP) is 1.29. The third-order valence-electron chi connectivity index (χ3n) is 1.77. The molecular formula is C8H9NO5S. The van der Waals surface area contributed by atoms with Gasteiger partial charge in [0.2, 0.25) is 0 Å². The van der Waals surface area contributed by atoms with Gasteiger partial charge in [0, 0.05) is 11.6 Å². The van der Waals surface area contributed by atoms with E-state index in [1.807, 2.05) is 0 Å². The zero-order chi connectivity index (χ0) is 11.6. The van der Waals surface area contributed by atoms with E-state index in [1.54, 1.807) is 6.92 Å². The molecule has 0 aliphatic carbocycles. The average molecular weight is 231 g/mol. The van der Waals surface area contributed by atoms with Crippen LogP contribution in [0.4, 0.5) is 5.69 Å². The monoisotopic (exact) mass is 231 g/mol. The number of rotatable bonds is 3. The molecule has 0 aliphatic rings. The van der Waals surface area contributed by atoms with E-state index in [-0.39, 0.29) is 11.3 Å². The van der Waals surface area contributed by atoms with Gasteiger partial charge in [-0.25, -0.2) is 0 Å². The fourth-order valence-corrected chi connectivity index (χ4v) is 1.83. The summed E-state index contributed by atoms with van der Waals surface area (Å²) < 4.78 is 29.9. The van der Waals surface area contributed by atoms with Crippen LogP contribution in [-0.2, 0) is 15.9 Å². The third kappa shape index (κ3) is 3.30. The van der Waals surface area contributed by atoms with Gasteiger partial charge in [0.25, 0.3) is 15.8 Å². The Hall–Kier alpha value is -1.47. The molecule has 0 unspecified atom stereocenters. The Morgan fingerprint density at radius 1 is 1.47 bits per heavy atom. The standard InChI is InChI=1S/C8H9NO5S/c1-6-2-3-8(9(10)11)7(4-6)5-15(12,13)14/h2-4H,5H2,1H3,(H,12,13,14). The minimum absolute atomic E-state index is 0.0116. The number of nitrogens with zero attached hydrogens (tertiary/aromatic N) is 1. The van der Waals surface area contributed by atoms with Crippen molar-refractivity contribution in [1.29, 1.82) is 0 Å². The molecule has 0 spiro atoms. The van der Waals surface area contributed by atoms with E-state index in [2.05, 4.69) is 0 Å². The van der Waals surface area contributed by atoms with E-state index in [1.165, 1.54) is 18.2 Å². The van der Waals surface area contributed by atoms with Crippen LogP contribution in [0.5, 0.6) is 0 Å². The van der Waals surface area contributed by atoms with Crippen molar-refractivity contribution in [2.24, 2.45) is 0 Å². The highest BCUT2D eigenvalue weighted by Crippen LogP contribution is 2.21. The van der Waals surface area contributed by atoms with E-state index >= 15 is 0 Å². The van der Waals surface area contributed by atoms with Crippen LogP contribution in [0.3, 0.4) is 0 Å². The van der Waals surface area contributed by atoms with Gasteiger partial charge in [-0.05, 0) is 13.0 Å². The van der Waals surface area contributed by atoms with Crippen molar-refractivity contribution in [2.75, 3.05) is 0 Å². The van der Waals surface area contributed by atoms with Crippen LogP contribution in [0.25, 0.3) is 0 Å². The number of nitro benzene ring substituents is 1. The normalized spacial score (nSPS) is 11.3. The maximum absolute atomic E-state index is 10.6. The van der Waals surface area contributed by atoms with Crippen LogP contribution < -0.4 is 0 Å². The van der Waals surface area contributed by atoms with E-state index in [9.17, 15) is 18.5 Å². The van der Waals surface area contributed by atoms with Crippen molar-refractivity contribution in [1.82, 2.24) is 0 Å². The summed E-state index contributed by atoms with van der Waals surface area (Å²) in [6.45, 7) is 1.68. The Morgan fingerprint density at radius 2 is 2.07 bits per heavy atom. The van der Waals surface area contributed by atoms with Gasteiger partial charge in [-0.15, -0.1) is 0 Å². The molecule has 0 bridgehead atoms. The largest absolute Gasteiger partial charge is 0.285 e. The second-order valence-electron chi connectivity index (χ2n) is 3.12. The predicted molar refractivity (Wildman–Crippen MR) is 53.1 cm³/mol. The molecule has 1 aromatic carbocycles. The minimum Gasteiger partial charge on any atom is -0.285 e. The lowest BCUT2D eigenvalue weighted by Gasteiger charge is -2.01. The van der Waals surface area contributed by atoms with Crippen LogP contribution in [-0.4, -0.2) is 17.9 Å². The van der Waals surface area contributed by atoms with Crippen LogP contribution in [0.1, 0.15) is 11.1 Å². The van der Waals surface area contributed by atoms with Crippen LogP contribution in [0.2, 0.25) is 0 Å². The maximum atomic E-state index is 10.6. The summed E-state index contributed by atoms with van der Waals surface area (Å²) in [5.74, 6) is -0.745. The molecule has 1 rings (SSSR count). The summed E-state index contributed by atoms with van der Waals surface area (Å²) in [5.41, 5.74) is 0.375. The van der Waals surface area contributed by atoms with Gasteiger partial charge in [-0.3, -0.25) is 14.7 Å². The quantitative estimate of drug-likeness (QED) is 0.480. The van der Waals surface area contributed by atoms with Gasteiger partial charge < -0.3 is 0 Å². The highest BCUT2D eigenvalue weighted by Gasteiger charge is 2.18. The molecule has 0 saturated heterocycles. The molecule has 0 amide bonds. The van der Waals surface area contributed by atoms with Crippen molar-refractivity contribution in [3.05, 3.63) is 39.4 Å². The van der Waals surface area contributed by atoms with E-state index < -0.39 is 20.8 Å². The Balaban J connectivity index is 3.25. The molecule has 0 aliphatic heterocycles. The van der Waals surface area contributed by atoms with Crippen molar-refractivity contribution >= 4 is 15.8 Å². The topological polar surface area (TPSA) is 97.5 Å². The smallest absolute Gasteiger partial charge is 0.273 e. The van der Waals surface area contributed by atoms with Crippen molar-refractivity contribution in [2.45, 2.75) is 12.7 Å². The summed E-state index contributed by atoms with van der Waals surface area (Å²) in [5, 5.41) is 10.5. The molecule has 0 saturated carbocycles. The first kappa shape index (κ1) is 11.6. The summed E-state index contributed by atoms with van der Waals surface area (Å²) >= 11 is 0. The second kappa shape index (κ2) is 3.95. The highest BCUT2D eigenvalue weighted by atomic mass is 32.2. The maximum Gasteiger partial charge on any atom is 0.273 e. The fraction of sp³-hybridized carbons (Fsp3) is 0.250. The third-order valence-corrected chi connectivity index (χ3v) is 2.45. The minimum atomic E-state index is -4.25. The average Bonchev–Trinajstić information content (AvgIpc) is 1.99. The number of hydrogen-bond acceptors (Lipinski definition) is 4. The first-order valence-corrected chi connectivity index (χ1v) is 5.59. The van der Waals surface area contributed by atoms with Gasteiger partial charge in [-0.2, -0.15) is 8.42 Å². The van der Waals surface area contributed by atoms with Crippen LogP contribution in [0, 0.1) is 17.0 Å². The van der Waals surface area contributed by atoms with Crippen molar-refractivity contribution in [3.63, 3.8) is 0 Å². The van der Waals surface area contributed by atoms with Crippen molar-refractivity contribution in [3.8, 4) is 0 Å². The van der Waals surface area contributed by atoms with E-state index in [0.717, 1.165) is 0 Å². The lowest BCUT2D eigenvalue weighted by Crippen LogP contribution is -2.04. The molecular weight excluding hydrogens is 222 g/mol. The molecule has 0 atom stereocenters. The Kier molecular flexibility index (Phi) is 3.06. The molecule has 0 heterocycles. The van der Waals surface area contributed by atoms with Gasteiger partial charge >= 0.3 is 0 Å². The summed E-state index contributed by atoms with van der Waals surface area (Å²) in [4.78, 5) is 9.87. The van der Waals surface area contributed by atoms with E-state index in [0.29, 0.717) is 5.56 Å². The van der Waals surface area contributed by atoms with Gasteiger partial charge in [0.15, 0.2) is 0 Å². The molecule has 15 heavy (non-hydrogen) atoms. The molecule has 0 radical (unpaired) electrons. The number of aryl methyl sites for hydroxylation is 1. The lowest BCUT2D eigenvalue weighted by atomic mass is 10.1. The molecule has 7 heteroatoms. The summed E-state index contributed by atoms with van der Waals surface area (Å²) in [6, 6.07) is 4.09. The molecule has 1 aromatic rings.